The normalized spacial score (nSPS) is 10.2. The van der Waals surface area contributed by atoms with Gasteiger partial charge in [-0.1, -0.05) is 35.3 Å². The molecule has 0 aliphatic heterocycles. The second kappa shape index (κ2) is 8.04. The number of carbonyl (C=O) groups is 2. The Hall–Kier alpha value is -2.24. The zero-order valence-electron chi connectivity index (χ0n) is 13.2. The molecule has 0 fully saturated rings. The van der Waals surface area contributed by atoms with Crippen LogP contribution in [0.1, 0.15) is 6.92 Å². The zero-order chi connectivity index (χ0) is 17.7. The summed E-state index contributed by atoms with van der Waals surface area (Å²) in [4.78, 5) is 25.5. The highest BCUT2D eigenvalue weighted by molar-refractivity contribution is 6.34. The van der Waals surface area contributed by atoms with Crippen LogP contribution in [-0.4, -0.2) is 25.5 Å². The molecular formula is C17H16Cl2N2O3. The minimum atomic E-state index is -0.398. The predicted octanol–water partition coefficient (Wildman–Crippen LogP) is 3.99. The number of nitrogens with one attached hydrogen (secondary N) is 1. The van der Waals surface area contributed by atoms with Crippen molar-refractivity contribution in [1.82, 2.24) is 0 Å². The van der Waals surface area contributed by atoms with E-state index in [4.69, 9.17) is 27.9 Å². The van der Waals surface area contributed by atoms with Gasteiger partial charge in [-0.05, 0) is 30.3 Å². The van der Waals surface area contributed by atoms with Gasteiger partial charge in [-0.3, -0.25) is 9.59 Å². The van der Waals surface area contributed by atoms with E-state index in [1.165, 1.54) is 18.9 Å². The highest BCUT2D eigenvalue weighted by atomic mass is 35.5. The fourth-order valence-electron chi connectivity index (χ4n) is 2.15. The van der Waals surface area contributed by atoms with E-state index in [0.717, 1.165) is 0 Å². The highest BCUT2D eigenvalue weighted by Gasteiger charge is 2.19. The molecule has 0 unspecified atom stereocenters. The molecule has 0 saturated carbocycles. The van der Waals surface area contributed by atoms with Crippen LogP contribution in [0.15, 0.2) is 42.5 Å². The average Bonchev–Trinajstić information content (AvgIpc) is 2.53. The third-order valence-electron chi connectivity index (χ3n) is 3.26. The molecule has 0 aliphatic carbocycles. The van der Waals surface area contributed by atoms with E-state index in [1.54, 1.807) is 42.5 Å². The molecule has 0 bridgehead atoms. The van der Waals surface area contributed by atoms with Gasteiger partial charge in [0.25, 0.3) is 0 Å². The average molecular weight is 367 g/mol. The first-order valence-corrected chi connectivity index (χ1v) is 7.84. The number of amides is 2. The number of hydrogen-bond donors (Lipinski definition) is 1. The molecule has 2 aromatic rings. The minimum absolute atomic E-state index is 0.186. The molecule has 0 atom stereocenters. The summed E-state index contributed by atoms with van der Waals surface area (Å²) in [7, 11) is 1.49. The van der Waals surface area contributed by atoms with Gasteiger partial charge >= 0.3 is 0 Å². The van der Waals surface area contributed by atoms with E-state index < -0.39 is 5.91 Å². The summed E-state index contributed by atoms with van der Waals surface area (Å²) in [5, 5.41) is 3.54. The van der Waals surface area contributed by atoms with Crippen LogP contribution >= 0.6 is 23.2 Å². The third kappa shape index (κ3) is 4.40. The van der Waals surface area contributed by atoms with Crippen molar-refractivity contribution in [3.05, 3.63) is 52.5 Å². The number of nitrogens with zero attached hydrogens (tertiary/aromatic N) is 1. The quantitative estimate of drug-likeness (QED) is 0.869. The first kappa shape index (κ1) is 18.1. The predicted molar refractivity (Wildman–Crippen MR) is 96.1 cm³/mol. The van der Waals surface area contributed by atoms with Gasteiger partial charge in [-0.15, -0.1) is 0 Å². The van der Waals surface area contributed by atoms with Crippen LogP contribution in [-0.2, 0) is 9.59 Å². The second-order valence-electron chi connectivity index (χ2n) is 4.95. The van der Waals surface area contributed by atoms with Crippen molar-refractivity contribution >= 4 is 46.4 Å². The van der Waals surface area contributed by atoms with E-state index >= 15 is 0 Å². The lowest BCUT2D eigenvalue weighted by Gasteiger charge is -2.22. The summed E-state index contributed by atoms with van der Waals surface area (Å²) in [5.74, 6) is -0.220. The Kier molecular flexibility index (Phi) is 6.06. The lowest BCUT2D eigenvalue weighted by Crippen LogP contribution is -2.36. The number of ether oxygens (including phenoxy) is 1. The van der Waals surface area contributed by atoms with Gasteiger partial charge in [0.1, 0.15) is 12.3 Å². The van der Waals surface area contributed by atoms with Crippen LogP contribution in [0, 0.1) is 0 Å². The Morgan fingerprint density at radius 2 is 1.88 bits per heavy atom. The molecule has 2 amide bonds. The van der Waals surface area contributed by atoms with Gasteiger partial charge in [-0.2, -0.15) is 0 Å². The minimum Gasteiger partial charge on any atom is -0.495 e. The largest absolute Gasteiger partial charge is 0.495 e. The topological polar surface area (TPSA) is 58.6 Å². The Balaban J connectivity index is 2.19. The van der Waals surface area contributed by atoms with Crippen LogP contribution in [0.3, 0.4) is 0 Å². The third-order valence-corrected chi connectivity index (χ3v) is 3.82. The SMILES string of the molecule is COc1ccc(Cl)cc1NC(=O)CN(C(C)=O)c1ccccc1Cl. The number of para-hydroxylation sites is 1. The number of hydrogen-bond acceptors (Lipinski definition) is 3. The molecular weight excluding hydrogens is 351 g/mol. The van der Waals surface area contributed by atoms with Crippen molar-refractivity contribution in [3.63, 3.8) is 0 Å². The second-order valence-corrected chi connectivity index (χ2v) is 5.79. The van der Waals surface area contributed by atoms with E-state index in [9.17, 15) is 9.59 Å². The van der Waals surface area contributed by atoms with Crippen LogP contribution in [0.5, 0.6) is 5.75 Å². The van der Waals surface area contributed by atoms with Crippen LogP contribution in [0.2, 0.25) is 10.0 Å². The molecule has 2 rings (SSSR count). The van der Waals surface area contributed by atoms with Gasteiger partial charge in [-0.25, -0.2) is 0 Å². The van der Waals surface area contributed by atoms with Gasteiger partial charge in [0.15, 0.2) is 0 Å². The molecule has 0 aliphatic rings. The van der Waals surface area contributed by atoms with Crippen LogP contribution in [0.25, 0.3) is 0 Å². The first-order valence-electron chi connectivity index (χ1n) is 7.08. The van der Waals surface area contributed by atoms with Crippen LogP contribution in [0.4, 0.5) is 11.4 Å². The zero-order valence-corrected chi connectivity index (χ0v) is 14.7. The molecule has 0 saturated heterocycles. The fraction of sp³-hybridized carbons (Fsp3) is 0.176. The summed E-state index contributed by atoms with van der Waals surface area (Å²) in [6.45, 7) is 1.19. The Labute approximate surface area is 150 Å². The molecule has 24 heavy (non-hydrogen) atoms. The number of rotatable bonds is 5. The molecule has 0 aromatic heterocycles. The molecule has 5 nitrogen and oxygen atoms in total. The van der Waals surface area contributed by atoms with Crippen molar-refractivity contribution < 1.29 is 14.3 Å². The van der Waals surface area contributed by atoms with Gasteiger partial charge in [0, 0.05) is 11.9 Å². The van der Waals surface area contributed by atoms with E-state index in [2.05, 4.69) is 5.32 Å². The number of benzene rings is 2. The van der Waals surface area contributed by atoms with Gasteiger partial charge < -0.3 is 15.0 Å². The van der Waals surface area contributed by atoms with Crippen LogP contribution < -0.4 is 15.0 Å². The molecule has 0 heterocycles. The monoisotopic (exact) mass is 366 g/mol. The van der Waals surface area contributed by atoms with Gasteiger partial charge in [0.2, 0.25) is 11.8 Å². The summed E-state index contributed by atoms with van der Waals surface area (Å²) in [6.07, 6.45) is 0. The molecule has 0 spiro atoms. The highest BCUT2D eigenvalue weighted by Crippen LogP contribution is 2.28. The maximum absolute atomic E-state index is 12.3. The molecule has 126 valence electrons. The summed E-state index contributed by atoms with van der Waals surface area (Å²) >= 11 is 12.1. The molecule has 2 aromatic carbocycles. The standard InChI is InChI=1S/C17H16Cl2N2O3/c1-11(22)21(15-6-4-3-5-13(15)19)10-17(23)20-14-9-12(18)7-8-16(14)24-2/h3-9H,10H2,1-2H3,(H,20,23). The Bertz CT molecular complexity index is 765. The number of halogens is 2. The molecule has 0 radical (unpaired) electrons. The maximum Gasteiger partial charge on any atom is 0.244 e. The Morgan fingerprint density at radius 1 is 1.17 bits per heavy atom. The van der Waals surface area contributed by atoms with E-state index in [0.29, 0.717) is 27.2 Å². The number of carbonyl (C=O) groups excluding carboxylic acids is 2. The van der Waals surface area contributed by atoms with E-state index in [-0.39, 0.29) is 12.5 Å². The Morgan fingerprint density at radius 3 is 2.50 bits per heavy atom. The maximum atomic E-state index is 12.3. The molecule has 7 heteroatoms. The number of anilines is 2. The van der Waals surface area contributed by atoms with Crippen molar-refractivity contribution in [2.75, 3.05) is 23.9 Å². The lowest BCUT2D eigenvalue weighted by molar-refractivity contribution is -0.120. The fourth-order valence-corrected chi connectivity index (χ4v) is 2.56. The lowest BCUT2D eigenvalue weighted by atomic mass is 10.2. The van der Waals surface area contributed by atoms with Crippen molar-refractivity contribution in [3.8, 4) is 5.75 Å². The smallest absolute Gasteiger partial charge is 0.244 e. The van der Waals surface area contributed by atoms with Crippen molar-refractivity contribution in [2.24, 2.45) is 0 Å². The first-order chi connectivity index (χ1) is 11.4. The van der Waals surface area contributed by atoms with Crippen molar-refractivity contribution in [1.29, 1.82) is 0 Å². The molecule has 1 N–H and O–H groups in total. The summed E-state index contributed by atoms with van der Waals surface area (Å²) in [6, 6.07) is 11.7. The summed E-state index contributed by atoms with van der Waals surface area (Å²) in [5.41, 5.74) is 0.900. The van der Waals surface area contributed by atoms with Gasteiger partial charge in [0.05, 0.1) is 23.5 Å². The summed E-state index contributed by atoms with van der Waals surface area (Å²) < 4.78 is 5.18. The van der Waals surface area contributed by atoms with E-state index in [1.807, 2.05) is 0 Å². The van der Waals surface area contributed by atoms with Crippen molar-refractivity contribution in [2.45, 2.75) is 6.92 Å². The number of methoxy groups -OCH3 is 1.